The summed E-state index contributed by atoms with van der Waals surface area (Å²) in [6, 6.07) is 9.74. The highest BCUT2D eigenvalue weighted by Gasteiger charge is 2.44. The van der Waals surface area contributed by atoms with Crippen LogP contribution in [0.4, 0.5) is 4.79 Å². The Kier molecular flexibility index (Phi) is 9.70. The van der Waals surface area contributed by atoms with Gasteiger partial charge in [-0.2, -0.15) is 5.26 Å². The van der Waals surface area contributed by atoms with E-state index in [0.717, 1.165) is 12.0 Å². The van der Waals surface area contributed by atoms with Crippen molar-refractivity contribution in [3.8, 4) is 6.07 Å². The average molecular weight is 405 g/mol. The molecule has 28 heavy (non-hydrogen) atoms. The number of nitrogens with zero attached hydrogens (tertiary/aromatic N) is 1. The smallest absolute Gasteiger partial charge is 0.404 e. The molecule has 6 heteroatoms. The summed E-state index contributed by atoms with van der Waals surface area (Å²) >= 11 is 0. The first-order chi connectivity index (χ1) is 13.1. The van der Waals surface area contributed by atoms with Gasteiger partial charge in [-0.25, -0.2) is 4.79 Å². The molecule has 1 aromatic rings. The molecule has 0 aliphatic rings. The monoisotopic (exact) mass is 404 g/mol. The fourth-order valence-corrected chi connectivity index (χ4v) is 10.0. The molecule has 156 valence electrons. The predicted octanol–water partition coefficient (Wildman–Crippen LogP) is 5.88. The highest BCUT2D eigenvalue weighted by Crippen LogP contribution is 2.42. The van der Waals surface area contributed by atoms with E-state index in [1.807, 2.05) is 24.3 Å². The number of nitrogens with one attached hydrogen (secondary N) is 1. The first-order valence-corrected chi connectivity index (χ1v) is 12.4. The van der Waals surface area contributed by atoms with Crippen molar-refractivity contribution in [3.63, 3.8) is 0 Å². The van der Waals surface area contributed by atoms with E-state index in [1.54, 1.807) is 0 Å². The lowest BCUT2D eigenvalue weighted by Gasteiger charge is -2.42. The molecule has 1 rings (SSSR count). The van der Waals surface area contributed by atoms with Gasteiger partial charge in [0.2, 0.25) is 0 Å². The van der Waals surface area contributed by atoms with Gasteiger partial charge in [-0.15, -0.1) is 0 Å². The molecule has 0 bridgehead atoms. The summed E-state index contributed by atoms with van der Waals surface area (Å²) in [6.45, 7) is 14.8. The summed E-state index contributed by atoms with van der Waals surface area (Å²) in [7, 11) is -1.91. The van der Waals surface area contributed by atoms with Crippen LogP contribution in [-0.2, 0) is 4.43 Å². The van der Waals surface area contributed by atoms with Crippen LogP contribution in [0.2, 0.25) is 16.6 Å². The maximum Gasteiger partial charge on any atom is 0.404 e. The lowest BCUT2D eigenvalue weighted by atomic mass is 9.92. The molecule has 0 fully saturated rings. The van der Waals surface area contributed by atoms with Gasteiger partial charge in [-0.1, -0.05) is 53.7 Å². The third-order valence-electron chi connectivity index (χ3n) is 5.81. The number of carboxylic acid groups (broad SMARTS) is 1. The zero-order valence-corrected chi connectivity index (χ0v) is 19.2. The second-order valence-electron chi connectivity index (χ2n) is 8.41. The molecule has 2 N–H and O–H groups in total. The summed E-state index contributed by atoms with van der Waals surface area (Å²) in [5, 5.41) is 20.3. The third-order valence-corrected chi connectivity index (χ3v) is 11.9. The van der Waals surface area contributed by atoms with E-state index in [9.17, 15) is 4.79 Å². The molecular formula is C22H36N2O3Si. The van der Waals surface area contributed by atoms with Gasteiger partial charge in [0.1, 0.15) is 0 Å². The summed E-state index contributed by atoms with van der Waals surface area (Å²) in [4.78, 5) is 10.8. The minimum Gasteiger partial charge on any atom is -0.465 e. The van der Waals surface area contributed by atoms with Crippen LogP contribution in [0.15, 0.2) is 24.3 Å². The molecule has 0 radical (unpaired) electrons. The highest BCUT2D eigenvalue weighted by atomic mass is 28.4. The van der Waals surface area contributed by atoms with Crippen molar-refractivity contribution in [1.29, 1.82) is 5.26 Å². The summed E-state index contributed by atoms with van der Waals surface area (Å²) < 4.78 is 6.69. The molecule has 0 aromatic heterocycles. The minimum absolute atomic E-state index is 0.192. The molecule has 5 nitrogen and oxygen atoms in total. The number of amides is 1. The molecule has 1 aromatic carbocycles. The summed E-state index contributed by atoms with van der Waals surface area (Å²) in [5.74, 6) is 0.192. The molecule has 0 aliphatic heterocycles. The standard InChI is InChI=1S/C22H36N2O3Si/c1-16(2)28(17(3)4,18(5)6)27-14-12-21(11-13-24-22(25)26)20-9-7-19(15-23)8-10-20/h7-10,16-18,21,24H,11-14H2,1-6H3,(H,25,26). The van der Waals surface area contributed by atoms with E-state index in [2.05, 4.69) is 52.9 Å². The molecular weight excluding hydrogens is 368 g/mol. The van der Waals surface area contributed by atoms with Crippen molar-refractivity contribution >= 4 is 14.4 Å². The lowest BCUT2D eigenvalue weighted by molar-refractivity contribution is 0.193. The Morgan fingerprint density at radius 3 is 2.04 bits per heavy atom. The van der Waals surface area contributed by atoms with Crippen LogP contribution in [0.1, 0.15) is 71.4 Å². The first-order valence-electron chi connectivity index (χ1n) is 10.3. The summed E-state index contributed by atoms with van der Waals surface area (Å²) in [6.07, 6.45) is 0.551. The van der Waals surface area contributed by atoms with Gasteiger partial charge in [0.15, 0.2) is 8.32 Å². The Balaban J connectivity index is 2.90. The van der Waals surface area contributed by atoms with Crippen molar-refractivity contribution in [3.05, 3.63) is 35.4 Å². The van der Waals surface area contributed by atoms with Crippen LogP contribution in [0.25, 0.3) is 0 Å². The summed E-state index contributed by atoms with van der Waals surface area (Å²) in [5.41, 5.74) is 3.37. The Labute approximate surface area is 171 Å². The van der Waals surface area contributed by atoms with Crippen LogP contribution in [-0.4, -0.2) is 32.7 Å². The average Bonchev–Trinajstić information content (AvgIpc) is 2.62. The largest absolute Gasteiger partial charge is 0.465 e. The molecule has 1 atom stereocenters. The normalized spacial score (nSPS) is 13.0. The molecule has 0 heterocycles. The maximum absolute atomic E-state index is 10.8. The fraction of sp³-hybridized carbons (Fsp3) is 0.636. The van der Waals surface area contributed by atoms with E-state index < -0.39 is 14.4 Å². The Hall–Kier alpha value is -1.84. The number of rotatable bonds is 11. The Morgan fingerprint density at radius 1 is 1.07 bits per heavy atom. The zero-order valence-electron chi connectivity index (χ0n) is 18.2. The van der Waals surface area contributed by atoms with E-state index in [-0.39, 0.29) is 5.92 Å². The predicted molar refractivity (Wildman–Crippen MR) is 116 cm³/mol. The quantitative estimate of drug-likeness (QED) is 0.451. The zero-order chi connectivity index (χ0) is 21.3. The van der Waals surface area contributed by atoms with Crippen molar-refractivity contribution in [1.82, 2.24) is 5.32 Å². The molecule has 0 saturated carbocycles. The second-order valence-corrected chi connectivity index (χ2v) is 13.9. The lowest BCUT2D eigenvalue weighted by Crippen LogP contribution is -2.48. The van der Waals surface area contributed by atoms with Crippen LogP contribution < -0.4 is 5.32 Å². The van der Waals surface area contributed by atoms with E-state index >= 15 is 0 Å². The topological polar surface area (TPSA) is 82.3 Å². The minimum atomic E-state index is -1.91. The number of benzene rings is 1. The van der Waals surface area contributed by atoms with Crippen LogP contribution >= 0.6 is 0 Å². The van der Waals surface area contributed by atoms with Crippen LogP contribution in [0.5, 0.6) is 0 Å². The number of hydrogen-bond donors (Lipinski definition) is 2. The second kappa shape index (κ2) is 11.2. The van der Waals surface area contributed by atoms with Gasteiger partial charge >= 0.3 is 6.09 Å². The van der Waals surface area contributed by atoms with Crippen molar-refractivity contribution < 1.29 is 14.3 Å². The van der Waals surface area contributed by atoms with Crippen LogP contribution in [0.3, 0.4) is 0 Å². The van der Waals surface area contributed by atoms with E-state index in [4.69, 9.17) is 14.8 Å². The van der Waals surface area contributed by atoms with Gasteiger partial charge in [0, 0.05) is 13.2 Å². The Morgan fingerprint density at radius 2 is 1.61 bits per heavy atom. The molecule has 0 saturated heterocycles. The molecule has 1 unspecified atom stereocenters. The van der Waals surface area contributed by atoms with Gasteiger partial charge < -0.3 is 14.8 Å². The molecule has 0 spiro atoms. The van der Waals surface area contributed by atoms with Crippen molar-refractivity contribution in [2.24, 2.45) is 0 Å². The fourth-order valence-electron chi connectivity index (χ4n) is 4.54. The van der Waals surface area contributed by atoms with Gasteiger partial charge in [0.05, 0.1) is 11.6 Å². The van der Waals surface area contributed by atoms with Crippen molar-refractivity contribution in [2.75, 3.05) is 13.2 Å². The van der Waals surface area contributed by atoms with Gasteiger partial charge in [0.25, 0.3) is 0 Å². The highest BCUT2D eigenvalue weighted by molar-refractivity contribution is 6.77. The molecule has 1 amide bonds. The molecule has 0 aliphatic carbocycles. The van der Waals surface area contributed by atoms with Crippen molar-refractivity contribution in [2.45, 2.75) is 76.9 Å². The first kappa shape index (κ1) is 24.2. The van der Waals surface area contributed by atoms with Gasteiger partial charge in [-0.3, -0.25) is 0 Å². The number of hydrogen-bond acceptors (Lipinski definition) is 3. The Bertz CT molecular complexity index is 629. The SMILES string of the molecule is CC(C)[Si](OCCC(CCNC(=O)O)c1ccc(C#N)cc1)(C(C)C)C(C)C. The van der Waals surface area contributed by atoms with E-state index in [1.165, 1.54) is 0 Å². The number of nitriles is 1. The van der Waals surface area contributed by atoms with Crippen LogP contribution in [0, 0.1) is 11.3 Å². The maximum atomic E-state index is 10.8. The third kappa shape index (κ3) is 6.35. The van der Waals surface area contributed by atoms with E-state index in [0.29, 0.717) is 41.8 Å². The number of carbonyl (C=O) groups is 1. The van der Waals surface area contributed by atoms with Gasteiger partial charge in [-0.05, 0) is 53.1 Å².